The number of carboxylic acid groups (broad SMARTS) is 1. The predicted octanol–water partition coefficient (Wildman–Crippen LogP) is 5.10. The lowest BCUT2D eigenvalue weighted by Gasteiger charge is -2.38. The number of aromatic nitrogens is 4. The molecule has 1 aromatic carbocycles. The minimum absolute atomic E-state index is 0.0402. The minimum atomic E-state index is -4.65. The third-order valence-corrected chi connectivity index (χ3v) is 9.04. The molecule has 0 bridgehead atoms. The van der Waals surface area contributed by atoms with E-state index in [1.807, 2.05) is 4.90 Å². The summed E-state index contributed by atoms with van der Waals surface area (Å²) in [5.41, 5.74) is -0.307. The summed E-state index contributed by atoms with van der Waals surface area (Å²) in [6.07, 6.45) is 3.86. The number of halogens is 4. The fourth-order valence-electron chi connectivity index (χ4n) is 6.20. The van der Waals surface area contributed by atoms with Crippen LogP contribution >= 0.6 is 11.6 Å². The summed E-state index contributed by atoms with van der Waals surface area (Å²) < 4.78 is 43.8. The van der Waals surface area contributed by atoms with Crippen molar-refractivity contribution < 1.29 is 32.7 Å². The van der Waals surface area contributed by atoms with Gasteiger partial charge in [0, 0.05) is 32.0 Å². The number of carbonyl (C=O) groups is 3. The van der Waals surface area contributed by atoms with Crippen LogP contribution in [0.1, 0.15) is 71.2 Å². The number of hydrogen-bond donors (Lipinski definition) is 3. The largest absolute Gasteiger partial charge is 0.483 e. The topological polar surface area (TPSA) is 134 Å². The molecule has 11 nitrogen and oxygen atoms in total. The highest BCUT2D eigenvalue weighted by Gasteiger charge is 2.40. The zero-order chi connectivity index (χ0) is 32.3. The third-order valence-electron chi connectivity index (χ3n) is 8.72. The summed E-state index contributed by atoms with van der Waals surface area (Å²) in [5, 5.41) is 17.0. The lowest BCUT2D eigenvalue weighted by atomic mass is 9.79. The first kappa shape index (κ1) is 32.5. The average Bonchev–Trinajstić information content (AvgIpc) is 3.65. The standard InChI is InChI=1S/C29H33ClF3N7O2.CH2O2/c1-38-24(22-16-40(20-3-4-20)37-25(22)29(31,32)33)15-35-26(38)27(41)36-19-2-5-21(23(30)14-19)28(42)39-12-8-18(9-13-39)17-6-10-34-11-7-17;2-1-3/h2,5,14-18,20,34H,3-4,6-13H2,1H3,(H,36,41);1H,(H,2,3). The molecule has 3 aliphatic rings. The molecule has 3 fully saturated rings. The van der Waals surface area contributed by atoms with E-state index in [4.69, 9.17) is 21.5 Å². The Hall–Kier alpha value is -3.91. The van der Waals surface area contributed by atoms with Gasteiger partial charge in [0.25, 0.3) is 18.3 Å². The molecule has 0 unspecified atom stereocenters. The van der Waals surface area contributed by atoms with Gasteiger partial charge < -0.3 is 25.2 Å². The summed E-state index contributed by atoms with van der Waals surface area (Å²) >= 11 is 6.49. The van der Waals surface area contributed by atoms with Crippen LogP contribution in [0, 0.1) is 11.8 Å². The van der Waals surface area contributed by atoms with Crippen LogP contribution in [0.4, 0.5) is 18.9 Å². The molecule has 0 radical (unpaired) electrons. The molecule has 0 spiro atoms. The number of benzene rings is 1. The van der Waals surface area contributed by atoms with Crippen LogP contribution in [0.15, 0.2) is 30.6 Å². The van der Waals surface area contributed by atoms with Gasteiger partial charge in [0.2, 0.25) is 0 Å². The quantitative estimate of drug-likeness (QED) is 0.317. The Balaban J connectivity index is 0.00000128. The Bertz CT molecular complexity index is 1540. The molecule has 0 atom stereocenters. The molecule has 4 heterocycles. The van der Waals surface area contributed by atoms with Crippen molar-refractivity contribution in [1.29, 1.82) is 0 Å². The molecular formula is C30H35ClF3N7O4. The van der Waals surface area contributed by atoms with Gasteiger partial charge in [0.1, 0.15) is 0 Å². The maximum atomic E-state index is 13.7. The monoisotopic (exact) mass is 649 g/mol. The van der Waals surface area contributed by atoms with Gasteiger partial charge in [-0.1, -0.05) is 11.6 Å². The number of piperidine rings is 2. The number of anilines is 1. The number of alkyl halides is 3. The number of likely N-dealkylation sites (tertiary alicyclic amines) is 1. The first-order valence-corrected chi connectivity index (χ1v) is 15.3. The molecule has 1 aliphatic carbocycles. The molecule has 2 amide bonds. The van der Waals surface area contributed by atoms with Gasteiger partial charge in [-0.3, -0.25) is 19.1 Å². The lowest BCUT2D eigenvalue weighted by Crippen LogP contribution is -2.42. The van der Waals surface area contributed by atoms with Crippen LogP contribution < -0.4 is 10.6 Å². The van der Waals surface area contributed by atoms with E-state index in [2.05, 4.69) is 20.7 Å². The van der Waals surface area contributed by atoms with E-state index in [0.29, 0.717) is 30.3 Å². The number of hydrogen-bond acceptors (Lipinski definition) is 6. The van der Waals surface area contributed by atoms with Gasteiger partial charge in [-0.15, -0.1) is 0 Å². The van der Waals surface area contributed by atoms with Crippen LogP contribution in [0.5, 0.6) is 0 Å². The molecule has 2 aromatic heterocycles. The summed E-state index contributed by atoms with van der Waals surface area (Å²) in [6, 6.07) is 4.64. The maximum absolute atomic E-state index is 13.7. The summed E-state index contributed by atoms with van der Waals surface area (Å²) in [6.45, 7) is 3.27. The summed E-state index contributed by atoms with van der Waals surface area (Å²) in [5.74, 6) is 0.525. The number of rotatable bonds is 6. The lowest BCUT2D eigenvalue weighted by molar-refractivity contribution is -0.141. The number of imidazole rings is 1. The van der Waals surface area contributed by atoms with E-state index in [-0.39, 0.29) is 40.5 Å². The molecule has 2 saturated heterocycles. The van der Waals surface area contributed by atoms with Crippen LogP contribution in [-0.2, 0) is 18.0 Å². The van der Waals surface area contributed by atoms with Crippen LogP contribution in [-0.4, -0.2) is 73.8 Å². The number of nitrogens with zero attached hydrogens (tertiary/aromatic N) is 5. The third kappa shape index (κ3) is 7.33. The summed E-state index contributed by atoms with van der Waals surface area (Å²) in [7, 11) is 1.48. The van der Waals surface area contributed by atoms with E-state index < -0.39 is 17.8 Å². The van der Waals surface area contributed by atoms with Crippen molar-refractivity contribution in [1.82, 2.24) is 29.5 Å². The van der Waals surface area contributed by atoms with E-state index >= 15 is 0 Å². The van der Waals surface area contributed by atoms with E-state index in [9.17, 15) is 22.8 Å². The summed E-state index contributed by atoms with van der Waals surface area (Å²) in [4.78, 5) is 40.6. The second-order valence-electron chi connectivity index (χ2n) is 11.6. The van der Waals surface area contributed by atoms with Crippen LogP contribution in [0.2, 0.25) is 5.02 Å². The highest BCUT2D eigenvalue weighted by molar-refractivity contribution is 6.34. The zero-order valence-electron chi connectivity index (χ0n) is 24.7. The van der Waals surface area contributed by atoms with Crippen LogP contribution in [0.25, 0.3) is 11.3 Å². The molecule has 1 saturated carbocycles. The van der Waals surface area contributed by atoms with Gasteiger partial charge >= 0.3 is 6.18 Å². The Morgan fingerprint density at radius 3 is 2.33 bits per heavy atom. The van der Waals surface area contributed by atoms with Crippen molar-refractivity contribution in [2.75, 3.05) is 31.5 Å². The maximum Gasteiger partial charge on any atom is 0.435 e. The van der Waals surface area contributed by atoms with Crippen molar-refractivity contribution in [2.24, 2.45) is 18.9 Å². The van der Waals surface area contributed by atoms with Gasteiger partial charge in [-0.25, -0.2) is 4.98 Å². The van der Waals surface area contributed by atoms with Crippen LogP contribution in [0.3, 0.4) is 0 Å². The normalized spacial score (nSPS) is 17.8. The minimum Gasteiger partial charge on any atom is -0.483 e. The molecule has 3 N–H and O–H groups in total. The van der Waals surface area contributed by atoms with E-state index in [1.165, 1.54) is 47.6 Å². The van der Waals surface area contributed by atoms with Gasteiger partial charge in [-0.05, 0) is 81.6 Å². The Labute approximate surface area is 262 Å². The second kappa shape index (κ2) is 13.6. The average molecular weight is 650 g/mol. The van der Waals surface area contributed by atoms with Crippen molar-refractivity contribution in [3.63, 3.8) is 0 Å². The van der Waals surface area contributed by atoms with Crippen molar-refractivity contribution in [3.05, 3.63) is 52.7 Å². The van der Waals surface area contributed by atoms with Gasteiger partial charge in [0.15, 0.2) is 11.5 Å². The molecule has 15 heteroatoms. The van der Waals surface area contributed by atoms with Crippen molar-refractivity contribution in [3.8, 4) is 11.3 Å². The first-order chi connectivity index (χ1) is 21.5. The second-order valence-corrected chi connectivity index (χ2v) is 12.0. The molecule has 45 heavy (non-hydrogen) atoms. The molecule has 3 aromatic rings. The Morgan fingerprint density at radius 2 is 1.73 bits per heavy atom. The Kier molecular flexibility index (Phi) is 9.82. The SMILES string of the molecule is Cn1c(-c2cn(C3CC3)nc2C(F)(F)F)cnc1C(=O)Nc1ccc(C(=O)N2CCC(C3CCNCC3)CC2)c(Cl)c1.O=CO. The fourth-order valence-corrected chi connectivity index (χ4v) is 6.46. The molecule has 6 rings (SSSR count). The van der Waals surface area contributed by atoms with Gasteiger partial charge in [-0.2, -0.15) is 18.3 Å². The highest BCUT2D eigenvalue weighted by Crippen LogP contribution is 2.41. The smallest absolute Gasteiger partial charge is 0.435 e. The van der Waals surface area contributed by atoms with Crippen molar-refractivity contribution >= 4 is 35.6 Å². The van der Waals surface area contributed by atoms with Crippen molar-refractivity contribution in [2.45, 2.75) is 50.7 Å². The molecular weight excluding hydrogens is 615 g/mol. The van der Waals surface area contributed by atoms with E-state index in [0.717, 1.165) is 44.7 Å². The zero-order valence-corrected chi connectivity index (χ0v) is 25.4. The number of carbonyl (C=O) groups excluding carboxylic acids is 2. The predicted molar refractivity (Wildman–Crippen MR) is 160 cm³/mol. The van der Waals surface area contributed by atoms with E-state index in [1.54, 1.807) is 12.1 Å². The highest BCUT2D eigenvalue weighted by atomic mass is 35.5. The van der Waals surface area contributed by atoms with Gasteiger partial charge in [0.05, 0.1) is 34.1 Å². The fraction of sp³-hybridized carbons (Fsp3) is 0.500. The first-order valence-electron chi connectivity index (χ1n) is 14.9. The Morgan fingerprint density at radius 1 is 1.09 bits per heavy atom. The molecule has 2 aliphatic heterocycles. The number of nitrogens with one attached hydrogen (secondary N) is 2. The molecule has 242 valence electrons. The number of amides is 2.